The summed E-state index contributed by atoms with van der Waals surface area (Å²) in [6, 6.07) is 8.01. The molecule has 0 radical (unpaired) electrons. The van der Waals surface area contributed by atoms with Gasteiger partial charge in [0.1, 0.15) is 5.75 Å². The Hall–Kier alpha value is -1.81. The molecule has 0 saturated carbocycles. The van der Waals surface area contributed by atoms with Gasteiger partial charge in [0.25, 0.3) is 0 Å². The van der Waals surface area contributed by atoms with E-state index in [1.807, 2.05) is 45.3 Å². The second kappa shape index (κ2) is 7.59. The van der Waals surface area contributed by atoms with Crippen LogP contribution in [0.25, 0.3) is 0 Å². The van der Waals surface area contributed by atoms with Gasteiger partial charge in [0, 0.05) is 6.54 Å². The van der Waals surface area contributed by atoms with Crippen molar-refractivity contribution in [1.82, 2.24) is 10.2 Å². The number of hydrogen-bond donors (Lipinski definition) is 1. The van der Waals surface area contributed by atoms with Crippen molar-refractivity contribution < 1.29 is 9.53 Å². The van der Waals surface area contributed by atoms with Crippen LogP contribution in [0.3, 0.4) is 0 Å². The Morgan fingerprint density at radius 2 is 2.21 bits per heavy atom. The van der Waals surface area contributed by atoms with Crippen LogP contribution in [0.2, 0.25) is 0 Å². The van der Waals surface area contributed by atoms with Crippen molar-refractivity contribution in [2.24, 2.45) is 0 Å². The van der Waals surface area contributed by atoms with E-state index in [1.54, 1.807) is 13.2 Å². The average molecular weight is 262 g/mol. The fourth-order valence-corrected chi connectivity index (χ4v) is 1.85. The van der Waals surface area contributed by atoms with Crippen molar-refractivity contribution in [2.45, 2.75) is 13.0 Å². The van der Waals surface area contributed by atoms with Crippen molar-refractivity contribution in [3.63, 3.8) is 0 Å². The molecule has 0 aliphatic heterocycles. The Morgan fingerprint density at radius 3 is 2.79 bits per heavy atom. The Bertz CT molecular complexity index is 442. The molecule has 0 spiro atoms. The second-order valence-corrected chi connectivity index (χ2v) is 4.50. The Labute approximate surface area is 115 Å². The number of hydrogen-bond acceptors (Lipinski definition) is 3. The molecule has 19 heavy (non-hydrogen) atoms. The van der Waals surface area contributed by atoms with E-state index in [-0.39, 0.29) is 11.9 Å². The third kappa shape index (κ3) is 4.75. The van der Waals surface area contributed by atoms with Crippen LogP contribution in [0.1, 0.15) is 18.5 Å². The predicted octanol–water partition coefficient (Wildman–Crippen LogP) is 1.99. The van der Waals surface area contributed by atoms with Gasteiger partial charge in [0.2, 0.25) is 5.91 Å². The lowest BCUT2D eigenvalue weighted by molar-refractivity contribution is -0.116. The Balaban J connectivity index is 2.79. The molecule has 1 aromatic rings. The molecule has 0 aliphatic rings. The summed E-state index contributed by atoms with van der Waals surface area (Å²) in [6.45, 7) is 2.38. The molecule has 1 aromatic carbocycles. The lowest BCUT2D eigenvalue weighted by Gasteiger charge is -2.25. The van der Waals surface area contributed by atoms with Crippen molar-refractivity contribution in [1.29, 1.82) is 0 Å². The summed E-state index contributed by atoms with van der Waals surface area (Å²) in [6.07, 6.45) is 3.25. The van der Waals surface area contributed by atoms with Crippen LogP contribution in [0.5, 0.6) is 5.75 Å². The third-order valence-electron chi connectivity index (χ3n) is 2.89. The lowest BCUT2D eigenvalue weighted by atomic mass is 10.1. The Morgan fingerprint density at radius 1 is 1.47 bits per heavy atom. The molecule has 0 aromatic heterocycles. The van der Waals surface area contributed by atoms with E-state index >= 15 is 0 Å². The quantitative estimate of drug-likeness (QED) is 0.797. The number of likely N-dealkylation sites (N-methyl/N-ethyl adjacent to an activating group) is 1. The highest BCUT2D eigenvalue weighted by Crippen LogP contribution is 2.21. The van der Waals surface area contributed by atoms with E-state index in [1.165, 1.54) is 6.08 Å². The number of allylic oxidation sites excluding steroid dienone is 1. The number of nitrogens with zero attached hydrogens (tertiary/aromatic N) is 1. The smallest absolute Gasteiger partial charge is 0.243 e. The van der Waals surface area contributed by atoms with Gasteiger partial charge in [-0.15, -0.1) is 0 Å². The first-order valence-electron chi connectivity index (χ1n) is 6.29. The molecule has 1 atom stereocenters. The van der Waals surface area contributed by atoms with Crippen molar-refractivity contribution >= 4 is 5.91 Å². The minimum absolute atomic E-state index is 0.0720. The molecule has 0 bridgehead atoms. The molecular weight excluding hydrogens is 240 g/mol. The first kappa shape index (κ1) is 15.2. The normalized spacial score (nSPS) is 12.7. The molecule has 0 fully saturated rings. The van der Waals surface area contributed by atoms with Crippen LogP contribution >= 0.6 is 0 Å². The zero-order chi connectivity index (χ0) is 14.3. The molecular formula is C15H22N2O2. The maximum Gasteiger partial charge on any atom is 0.243 e. The number of benzene rings is 1. The summed E-state index contributed by atoms with van der Waals surface area (Å²) in [7, 11) is 5.63. The molecule has 1 N–H and O–H groups in total. The summed E-state index contributed by atoms with van der Waals surface area (Å²) >= 11 is 0. The molecule has 4 heteroatoms. The molecule has 4 nitrogen and oxygen atoms in total. The van der Waals surface area contributed by atoms with Gasteiger partial charge >= 0.3 is 0 Å². The van der Waals surface area contributed by atoms with Gasteiger partial charge in [0.05, 0.1) is 13.2 Å². The van der Waals surface area contributed by atoms with Crippen molar-refractivity contribution in [3.05, 3.63) is 42.0 Å². The minimum Gasteiger partial charge on any atom is -0.497 e. The van der Waals surface area contributed by atoms with Crippen molar-refractivity contribution in [2.75, 3.05) is 27.7 Å². The van der Waals surface area contributed by atoms with Crippen LogP contribution in [0.4, 0.5) is 0 Å². The van der Waals surface area contributed by atoms with E-state index in [4.69, 9.17) is 4.74 Å². The lowest BCUT2D eigenvalue weighted by Crippen LogP contribution is -2.33. The van der Waals surface area contributed by atoms with Gasteiger partial charge in [-0.1, -0.05) is 18.2 Å². The number of ether oxygens (including phenoxy) is 1. The number of carbonyl (C=O) groups is 1. The highest BCUT2D eigenvalue weighted by molar-refractivity contribution is 5.87. The minimum atomic E-state index is -0.0720. The van der Waals surface area contributed by atoms with E-state index < -0.39 is 0 Å². The first-order chi connectivity index (χ1) is 9.08. The molecule has 1 unspecified atom stereocenters. The summed E-state index contributed by atoms with van der Waals surface area (Å²) in [5, 5.41) is 2.89. The van der Waals surface area contributed by atoms with Crippen LogP contribution < -0.4 is 10.1 Å². The predicted molar refractivity (Wildman–Crippen MR) is 77.2 cm³/mol. The van der Waals surface area contributed by atoms with E-state index in [0.29, 0.717) is 6.54 Å². The van der Waals surface area contributed by atoms with E-state index in [9.17, 15) is 4.79 Å². The van der Waals surface area contributed by atoms with Gasteiger partial charge < -0.3 is 15.0 Å². The van der Waals surface area contributed by atoms with Gasteiger partial charge in [-0.05, 0) is 44.8 Å². The molecule has 0 saturated heterocycles. The molecule has 1 amide bonds. The maximum absolute atomic E-state index is 11.5. The first-order valence-corrected chi connectivity index (χ1v) is 6.29. The fraction of sp³-hybridized carbons (Fsp3) is 0.400. The highest BCUT2D eigenvalue weighted by Gasteiger charge is 2.15. The SMILES string of the molecule is CC=CC(=O)NCC(c1cccc(OC)c1)N(C)C. The van der Waals surface area contributed by atoms with E-state index in [0.717, 1.165) is 11.3 Å². The van der Waals surface area contributed by atoms with Crippen LogP contribution in [0, 0.1) is 0 Å². The van der Waals surface area contributed by atoms with Crippen LogP contribution in [0.15, 0.2) is 36.4 Å². The van der Waals surface area contributed by atoms with Gasteiger partial charge in [0.15, 0.2) is 0 Å². The number of methoxy groups -OCH3 is 1. The molecule has 1 rings (SSSR count). The third-order valence-corrected chi connectivity index (χ3v) is 2.89. The number of nitrogens with one attached hydrogen (secondary N) is 1. The highest BCUT2D eigenvalue weighted by atomic mass is 16.5. The van der Waals surface area contributed by atoms with Gasteiger partial charge in [-0.25, -0.2) is 0 Å². The number of rotatable bonds is 6. The summed E-state index contributed by atoms with van der Waals surface area (Å²) in [4.78, 5) is 13.6. The number of carbonyl (C=O) groups excluding carboxylic acids is 1. The second-order valence-electron chi connectivity index (χ2n) is 4.50. The van der Waals surface area contributed by atoms with E-state index in [2.05, 4.69) is 10.2 Å². The van der Waals surface area contributed by atoms with Gasteiger partial charge in [-0.2, -0.15) is 0 Å². The summed E-state index contributed by atoms with van der Waals surface area (Å²) in [5.74, 6) is 0.751. The standard InChI is InChI=1S/C15H22N2O2/c1-5-7-15(18)16-11-14(17(2)3)12-8-6-9-13(10-12)19-4/h5-10,14H,11H2,1-4H3,(H,16,18). The topological polar surface area (TPSA) is 41.6 Å². The van der Waals surface area contributed by atoms with Crippen LogP contribution in [-0.2, 0) is 4.79 Å². The molecule has 104 valence electrons. The molecule has 0 aliphatic carbocycles. The zero-order valence-corrected chi connectivity index (χ0v) is 12.0. The summed E-state index contributed by atoms with van der Waals surface area (Å²) < 4.78 is 5.23. The summed E-state index contributed by atoms with van der Waals surface area (Å²) in [5.41, 5.74) is 1.12. The maximum atomic E-state index is 11.5. The largest absolute Gasteiger partial charge is 0.497 e. The fourth-order valence-electron chi connectivity index (χ4n) is 1.85. The van der Waals surface area contributed by atoms with Crippen molar-refractivity contribution in [3.8, 4) is 5.75 Å². The monoisotopic (exact) mass is 262 g/mol. The average Bonchev–Trinajstić information content (AvgIpc) is 2.39. The number of amides is 1. The van der Waals surface area contributed by atoms with Gasteiger partial charge in [-0.3, -0.25) is 4.79 Å². The van der Waals surface area contributed by atoms with Crippen LogP contribution in [-0.4, -0.2) is 38.6 Å². The Kier molecular flexibility index (Phi) is 6.09. The molecule has 0 heterocycles. The zero-order valence-electron chi connectivity index (χ0n) is 12.0.